The van der Waals surface area contributed by atoms with Crippen molar-refractivity contribution in [3.63, 3.8) is 0 Å². The predicted octanol–water partition coefficient (Wildman–Crippen LogP) is 4.23. The lowest BCUT2D eigenvalue weighted by Crippen LogP contribution is -2.49. The summed E-state index contributed by atoms with van der Waals surface area (Å²) in [5.74, 6) is 2.64. The number of methoxy groups -OCH3 is 1. The number of carbonyl (C=O) groups is 1. The molecule has 1 aromatic heterocycles. The number of hydrogen-bond acceptors (Lipinski definition) is 5. The molecule has 0 N–H and O–H groups in total. The summed E-state index contributed by atoms with van der Waals surface area (Å²) in [6.07, 6.45) is 1.18. The lowest BCUT2D eigenvalue weighted by Gasteiger charge is -2.35. The molecular weight excluding hydrogens is 402 g/mol. The van der Waals surface area contributed by atoms with Gasteiger partial charge < -0.3 is 19.3 Å². The number of piperazine rings is 1. The maximum atomic E-state index is 12.8. The number of fused-ring (bicyclic) bond motifs is 1. The first-order chi connectivity index (χ1) is 15.6. The Balaban J connectivity index is 1.33. The molecule has 2 heterocycles. The predicted molar refractivity (Wildman–Crippen MR) is 128 cm³/mol. The second-order valence-corrected chi connectivity index (χ2v) is 8.10. The highest BCUT2D eigenvalue weighted by Gasteiger charge is 2.22. The third-order valence-corrected chi connectivity index (χ3v) is 6.02. The van der Waals surface area contributed by atoms with Crippen LogP contribution in [0, 0.1) is 6.92 Å². The Morgan fingerprint density at radius 2 is 1.81 bits per heavy atom. The fourth-order valence-corrected chi connectivity index (χ4v) is 4.23. The van der Waals surface area contributed by atoms with E-state index in [9.17, 15) is 4.79 Å². The topological polar surface area (TPSA) is 54.9 Å². The van der Waals surface area contributed by atoms with Crippen LogP contribution in [0.3, 0.4) is 0 Å². The van der Waals surface area contributed by atoms with E-state index in [1.54, 1.807) is 7.11 Å². The second kappa shape index (κ2) is 9.90. The second-order valence-electron chi connectivity index (χ2n) is 8.10. The van der Waals surface area contributed by atoms with Crippen molar-refractivity contribution in [1.82, 2.24) is 9.88 Å². The smallest absolute Gasteiger partial charge is 0.223 e. The van der Waals surface area contributed by atoms with Crippen LogP contribution in [0.15, 0.2) is 48.5 Å². The number of benzene rings is 2. The van der Waals surface area contributed by atoms with Crippen molar-refractivity contribution in [2.24, 2.45) is 0 Å². The van der Waals surface area contributed by atoms with Gasteiger partial charge in [0.05, 0.1) is 19.2 Å². The Labute approximate surface area is 189 Å². The number of aromatic nitrogens is 1. The van der Waals surface area contributed by atoms with Crippen LogP contribution in [0.2, 0.25) is 0 Å². The van der Waals surface area contributed by atoms with Gasteiger partial charge in [-0.3, -0.25) is 4.79 Å². The van der Waals surface area contributed by atoms with Gasteiger partial charge in [0.2, 0.25) is 5.91 Å². The Morgan fingerprint density at radius 3 is 2.56 bits per heavy atom. The molecule has 0 atom stereocenters. The van der Waals surface area contributed by atoms with Crippen LogP contribution in [0.25, 0.3) is 10.9 Å². The number of ether oxygens (including phenoxy) is 2. The van der Waals surface area contributed by atoms with Gasteiger partial charge in [-0.1, -0.05) is 24.3 Å². The maximum absolute atomic E-state index is 12.8. The third kappa shape index (κ3) is 4.79. The number of para-hydroxylation sites is 1. The first kappa shape index (κ1) is 21.9. The summed E-state index contributed by atoms with van der Waals surface area (Å²) in [5, 5.41) is 1.19. The van der Waals surface area contributed by atoms with Crippen LogP contribution in [-0.2, 0) is 11.2 Å². The lowest BCUT2D eigenvalue weighted by atomic mass is 10.1. The van der Waals surface area contributed by atoms with Crippen LogP contribution in [0.1, 0.15) is 24.5 Å². The van der Waals surface area contributed by atoms with E-state index in [2.05, 4.69) is 30.0 Å². The molecular formula is C26H31N3O3. The van der Waals surface area contributed by atoms with Gasteiger partial charge in [-0.2, -0.15) is 0 Å². The summed E-state index contributed by atoms with van der Waals surface area (Å²) in [5.41, 5.74) is 3.33. The maximum Gasteiger partial charge on any atom is 0.223 e. The minimum atomic E-state index is 0.195. The fraction of sp³-hybridized carbons (Fsp3) is 0.385. The fourth-order valence-electron chi connectivity index (χ4n) is 4.23. The zero-order valence-electron chi connectivity index (χ0n) is 19.1. The van der Waals surface area contributed by atoms with E-state index in [1.807, 2.05) is 42.2 Å². The molecule has 1 amide bonds. The van der Waals surface area contributed by atoms with Crippen molar-refractivity contribution in [2.45, 2.75) is 26.7 Å². The minimum absolute atomic E-state index is 0.195. The molecule has 0 unspecified atom stereocenters. The summed E-state index contributed by atoms with van der Waals surface area (Å²) in [7, 11) is 1.64. The molecule has 1 saturated heterocycles. The largest absolute Gasteiger partial charge is 0.493 e. The van der Waals surface area contributed by atoms with E-state index in [-0.39, 0.29) is 5.91 Å². The van der Waals surface area contributed by atoms with E-state index in [1.165, 1.54) is 10.9 Å². The highest BCUT2D eigenvalue weighted by Crippen LogP contribution is 2.28. The molecule has 0 radical (unpaired) electrons. The summed E-state index contributed by atoms with van der Waals surface area (Å²) >= 11 is 0. The first-order valence-corrected chi connectivity index (χ1v) is 11.3. The van der Waals surface area contributed by atoms with Gasteiger partial charge in [0.25, 0.3) is 0 Å². The zero-order chi connectivity index (χ0) is 22.5. The monoisotopic (exact) mass is 433 g/mol. The normalized spacial score (nSPS) is 14.0. The van der Waals surface area contributed by atoms with E-state index in [0.29, 0.717) is 25.2 Å². The van der Waals surface area contributed by atoms with Crippen molar-refractivity contribution in [3.8, 4) is 11.5 Å². The number of anilines is 1. The number of nitrogens with zero attached hydrogens (tertiary/aromatic N) is 3. The molecule has 6 nitrogen and oxygen atoms in total. The number of amides is 1. The molecule has 1 aliphatic rings. The van der Waals surface area contributed by atoms with Gasteiger partial charge >= 0.3 is 0 Å². The van der Waals surface area contributed by atoms with E-state index in [4.69, 9.17) is 14.5 Å². The quantitative estimate of drug-likeness (QED) is 0.558. The summed E-state index contributed by atoms with van der Waals surface area (Å²) in [6.45, 7) is 7.71. The van der Waals surface area contributed by atoms with Gasteiger partial charge in [0.15, 0.2) is 11.5 Å². The number of pyridine rings is 1. The molecule has 1 fully saturated rings. The molecule has 168 valence electrons. The number of rotatable bonds is 7. The van der Waals surface area contributed by atoms with Crippen molar-refractivity contribution >= 4 is 22.6 Å². The average molecular weight is 434 g/mol. The molecule has 1 aliphatic heterocycles. The van der Waals surface area contributed by atoms with Crippen molar-refractivity contribution < 1.29 is 14.3 Å². The standard InChI is InChI=1S/C26H31N3O3/c1-4-32-23-11-9-20(18-24(23)31-3)10-12-26(30)29-15-13-28(14-16-29)25-17-19(2)21-7-5-6-8-22(21)27-25/h5-9,11,17-18H,4,10,12-16H2,1-3H3. The van der Waals surface area contributed by atoms with Crippen molar-refractivity contribution in [2.75, 3.05) is 44.8 Å². The average Bonchev–Trinajstić information content (AvgIpc) is 2.83. The molecule has 32 heavy (non-hydrogen) atoms. The van der Waals surface area contributed by atoms with Gasteiger partial charge in [0.1, 0.15) is 5.82 Å². The number of aryl methyl sites for hydroxylation is 2. The van der Waals surface area contributed by atoms with Crippen LogP contribution in [-0.4, -0.2) is 55.7 Å². The zero-order valence-corrected chi connectivity index (χ0v) is 19.1. The van der Waals surface area contributed by atoms with Gasteiger partial charge in [-0.15, -0.1) is 0 Å². The van der Waals surface area contributed by atoms with Crippen LogP contribution in [0.5, 0.6) is 11.5 Å². The molecule has 0 aliphatic carbocycles. The number of carbonyl (C=O) groups excluding carboxylic acids is 1. The summed E-state index contributed by atoms with van der Waals surface area (Å²) < 4.78 is 11.0. The van der Waals surface area contributed by atoms with Gasteiger partial charge in [-0.05, 0) is 55.7 Å². The van der Waals surface area contributed by atoms with E-state index in [0.717, 1.165) is 48.8 Å². The molecule has 0 bridgehead atoms. The van der Waals surface area contributed by atoms with Crippen LogP contribution in [0.4, 0.5) is 5.82 Å². The van der Waals surface area contributed by atoms with Gasteiger partial charge in [-0.25, -0.2) is 4.98 Å². The molecule has 0 saturated carbocycles. The summed E-state index contributed by atoms with van der Waals surface area (Å²) in [4.78, 5) is 21.9. The molecule has 0 spiro atoms. The minimum Gasteiger partial charge on any atom is -0.493 e. The van der Waals surface area contributed by atoms with Crippen molar-refractivity contribution in [1.29, 1.82) is 0 Å². The molecule has 2 aromatic carbocycles. The Kier molecular flexibility index (Phi) is 6.78. The summed E-state index contributed by atoms with van der Waals surface area (Å²) in [6, 6.07) is 16.3. The molecule has 6 heteroatoms. The van der Waals surface area contributed by atoms with Crippen LogP contribution >= 0.6 is 0 Å². The highest BCUT2D eigenvalue weighted by molar-refractivity contribution is 5.84. The third-order valence-electron chi connectivity index (χ3n) is 6.02. The SMILES string of the molecule is CCOc1ccc(CCC(=O)N2CCN(c3cc(C)c4ccccc4n3)CC2)cc1OC. The number of hydrogen-bond donors (Lipinski definition) is 0. The van der Waals surface area contributed by atoms with E-state index < -0.39 is 0 Å². The van der Waals surface area contributed by atoms with Crippen molar-refractivity contribution in [3.05, 3.63) is 59.7 Å². The van der Waals surface area contributed by atoms with Gasteiger partial charge in [0, 0.05) is 38.0 Å². The Bertz CT molecular complexity index is 1090. The Morgan fingerprint density at radius 1 is 1.03 bits per heavy atom. The molecule has 3 aromatic rings. The Hall–Kier alpha value is -3.28. The molecule has 4 rings (SSSR count). The highest BCUT2D eigenvalue weighted by atomic mass is 16.5. The lowest BCUT2D eigenvalue weighted by molar-refractivity contribution is -0.131. The first-order valence-electron chi connectivity index (χ1n) is 11.3. The van der Waals surface area contributed by atoms with Crippen LogP contribution < -0.4 is 14.4 Å². The van der Waals surface area contributed by atoms with E-state index >= 15 is 0 Å².